The van der Waals surface area contributed by atoms with Crippen molar-refractivity contribution in [1.29, 1.82) is 0 Å². The zero-order chi connectivity index (χ0) is 12.4. The summed E-state index contributed by atoms with van der Waals surface area (Å²) in [5, 5.41) is 14.5. The zero-order valence-corrected chi connectivity index (χ0v) is 10.2. The number of nitrogens with one attached hydrogen (secondary N) is 1. The Labute approximate surface area is 101 Å². The van der Waals surface area contributed by atoms with Gasteiger partial charge in [-0.3, -0.25) is 4.79 Å². The van der Waals surface area contributed by atoms with Crippen molar-refractivity contribution >= 4 is 11.7 Å². The van der Waals surface area contributed by atoms with Crippen molar-refractivity contribution in [2.75, 3.05) is 0 Å². The second-order valence-electron chi connectivity index (χ2n) is 5.13. The monoisotopic (exact) mass is 239 g/mol. The summed E-state index contributed by atoms with van der Waals surface area (Å²) >= 11 is 0. The molecule has 0 aliphatic heterocycles. The van der Waals surface area contributed by atoms with Gasteiger partial charge in [0.25, 0.3) is 0 Å². The fourth-order valence-corrected chi connectivity index (χ4v) is 3.10. The first-order chi connectivity index (χ1) is 8.19. The van der Waals surface area contributed by atoms with E-state index in [0.717, 1.165) is 0 Å². The number of carbonyl (C=O) groups excluding carboxylic acids is 1. The Morgan fingerprint density at radius 1 is 1.47 bits per heavy atom. The van der Waals surface area contributed by atoms with Gasteiger partial charge in [-0.2, -0.15) is 0 Å². The SMILES string of the molecule is CCC(NC(=O)C1C2CCCCC21)C(N)=NO. The van der Waals surface area contributed by atoms with Gasteiger partial charge in [0.15, 0.2) is 5.84 Å². The van der Waals surface area contributed by atoms with Crippen LogP contribution in [0.1, 0.15) is 39.0 Å². The van der Waals surface area contributed by atoms with Crippen molar-refractivity contribution in [2.45, 2.75) is 45.1 Å². The molecule has 2 fully saturated rings. The van der Waals surface area contributed by atoms with E-state index in [1.54, 1.807) is 0 Å². The lowest BCUT2D eigenvalue weighted by molar-refractivity contribution is -0.123. The first kappa shape index (κ1) is 12.2. The summed E-state index contributed by atoms with van der Waals surface area (Å²) in [4.78, 5) is 12.1. The minimum Gasteiger partial charge on any atom is -0.409 e. The van der Waals surface area contributed by atoms with Gasteiger partial charge in [-0.05, 0) is 31.1 Å². The smallest absolute Gasteiger partial charge is 0.224 e. The summed E-state index contributed by atoms with van der Waals surface area (Å²) in [5.41, 5.74) is 5.53. The van der Waals surface area contributed by atoms with Crippen LogP contribution in [0, 0.1) is 17.8 Å². The van der Waals surface area contributed by atoms with Crippen molar-refractivity contribution in [1.82, 2.24) is 5.32 Å². The maximum absolute atomic E-state index is 12.1. The van der Waals surface area contributed by atoms with Crippen LogP contribution in [0.15, 0.2) is 5.16 Å². The van der Waals surface area contributed by atoms with E-state index >= 15 is 0 Å². The van der Waals surface area contributed by atoms with Crippen LogP contribution in [0.25, 0.3) is 0 Å². The molecule has 2 aliphatic rings. The molecule has 0 aromatic rings. The standard InChI is InChI=1S/C12H21N3O2/c1-2-9(11(13)15-17)14-12(16)10-7-5-3-4-6-8(7)10/h7-10,17H,2-6H2,1H3,(H2,13,15)(H,14,16). The molecule has 1 amide bonds. The Balaban J connectivity index is 1.89. The van der Waals surface area contributed by atoms with Crippen LogP contribution in [-0.4, -0.2) is 23.0 Å². The molecular formula is C12H21N3O2. The Kier molecular flexibility index (Phi) is 3.54. The fourth-order valence-electron chi connectivity index (χ4n) is 3.10. The van der Waals surface area contributed by atoms with Crippen molar-refractivity contribution in [3.63, 3.8) is 0 Å². The molecule has 0 spiro atoms. The van der Waals surface area contributed by atoms with Gasteiger partial charge in [-0.15, -0.1) is 0 Å². The van der Waals surface area contributed by atoms with Gasteiger partial charge in [-0.1, -0.05) is 24.9 Å². The van der Waals surface area contributed by atoms with Crippen LogP contribution < -0.4 is 11.1 Å². The van der Waals surface area contributed by atoms with Gasteiger partial charge >= 0.3 is 0 Å². The van der Waals surface area contributed by atoms with E-state index in [1.165, 1.54) is 25.7 Å². The van der Waals surface area contributed by atoms with Crippen LogP contribution >= 0.6 is 0 Å². The number of oxime groups is 1. The average Bonchev–Trinajstić information content (AvgIpc) is 3.09. The summed E-state index contributed by atoms with van der Waals surface area (Å²) in [5.74, 6) is 1.53. The molecule has 96 valence electrons. The molecule has 0 aromatic heterocycles. The molecule has 0 bridgehead atoms. The average molecular weight is 239 g/mol. The summed E-state index contributed by atoms with van der Waals surface area (Å²) in [7, 11) is 0. The molecule has 5 nitrogen and oxygen atoms in total. The first-order valence-corrected chi connectivity index (χ1v) is 6.46. The maximum Gasteiger partial charge on any atom is 0.224 e. The third-order valence-corrected chi connectivity index (χ3v) is 4.16. The molecule has 17 heavy (non-hydrogen) atoms. The predicted octanol–water partition coefficient (Wildman–Crippen LogP) is 1.06. The highest BCUT2D eigenvalue weighted by Crippen LogP contribution is 2.55. The quantitative estimate of drug-likeness (QED) is 0.297. The van der Waals surface area contributed by atoms with Crippen molar-refractivity contribution < 1.29 is 10.0 Å². The molecule has 3 unspecified atom stereocenters. The van der Waals surface area contributed by atoms with E-state index < -0.39 is 0 Å². The van der Waals surface area contributed by atoms with Gasteiger partial charge < -0.3 is 16.3 Å². The number of carbonyl (C=O) groups is 1. The Morgan fingerprint density at radius 2 is 2.06 bits per heavy atom. The van der Waals surface area contributed by atoms with Crippen molar-refractivity contribution in [3.8, 4) is 0 Å². The molecule has 0 radical (unpaired) electrons. The lowest BCUT2D eigenvalue weighted by Crippen LogP contribution is -2.45. The summed E-state index contributed by atoms with van der Waals surface area (Å²) in [6, 6.07) is -0.338. The van der Waals surface area contributed by atoms with E-state index in [9.17, 15) is 4.79 Å². The molecule has 5 heteroatoms. The van der Waals surface area contributed by atoms with Gasteiger partial charge in [0.1, 0.15) is 0 Å². The van der Waals surface area contributed by atoms with Gasteiger partial charge in [0.05, 0.1) is 6.04 Å². The van der Waals surface area contributed by atoms with Crippen LogP contribution in [0.3, 0.4) is 0 Å². The Bertz CT molecular complexity index is 318. The largest absolute Gasteiger partial charge is 0.409 e. The molecule has 2 aliphatic carbocycles. The summed E-state index contributed by atoms with van der Waals surface area (Å²) < 4.78 is 0. The van der Waals surface area contributed by atoms with E-state index in [4.69, 9.17) is 10.9 Å². The lowest BCUT2D eigenvalue weighted by Gasteiger charge is -2.15. The Hall–Kier alpha value is -1.26. The van der Waals surface area contributed by atoms with Gasteiger partial charge in [0, 0.05) is 5.92 Å². The number of rotatable bonds is 4. The van der Waals surface area contributed by atoms with E-state index in [-0.39, 0.29) is 23.7 Å². The predicted molar refractivity (Wildman–Crippen MR) is 64.6 cm³/mol. The number of amidine groups is 1. The third-order valence-electron chi connectivity index (χ3n) is 4.16. The molecular weight excluding hydrogens is 218 g/mol. The minimum atomic E-state index is -0.338. The first-order valence-electron chi connectivity index (χ1n) is 6.46. The fraction of sp³-hybridized carbons (Fsp3) is 0.833. The van der Waals surface area contributed by atoms with E-state index in [1.807, 2.05) is 6.92 Å². The number of amides is 1. The molecule has 0 aromatic carbocycles. The highest BCUT2D eigenvalue weighted by Gasteiger charge is 2.54. The topological polar surface area (TPSA) is 87.7 Å². The maximum atomic E-state index is 12.1. The molecule has 2 rings (SSSR count). The second kappa shape index (κ2) is 4.94. The minimum absolute atomic E-state index is 0.0837. The number of fused-ring (bicyclic) bond motifs is 1. The highest BCUT2D eigenvalue weighted by molar-refractivity contribution is 5.91. The van der Waals surface area contributed by atoms with Crippen LogP contribution in [0.2, 0.25) is 0 Å². The zero-order valence-electron chi connectivity index (χ0n) is 10.2. The van der Waals surface area contributed by atoms with Crippen LogP contribution in [0.5, 0.6) is 0 Å². The number of nitrogens with zero attached hydrogens (tertiary/aromatic N) is 1. The summed E-state index contributed by atoms with van der Waals surface area (Å²) in [6.45, 7) is 1.91. The second-order valence-corrected chi connectivity index (χ2v) is 5.13. The molecule has 0 heterocycles. The highest BCUT2D eigenvalue weighted by atomic mass is 16.4. The van der Waals surface area contributed by atoms with Crippen LogP contribution in [-0.2, 0) is 4.79 Å². The lowest BCUT2D eigenvalue weighted by atomic mass is 10.0. The Morgan fingerprint density at radius 3 is 2.53 bits per heavy atom. The van der Waals surface area contributed by atoms with Crippen molar-refractivity contribution in [2.24, 2.45) is 28.6 Å². The van der Waals surface area contributed by atoms with E-state index in [2.05, 4.69) is 10.5 Å². The van der Waals surface area contributed by atoms with Gasteiger partial charge in [-0.25, -0.2) is 0 Å². The van der Waals surface area contributed by atoms with Crippen molar-refractivity contribution in [3.05, 3.63) is 0 Å². The van der Waals surface area contributed by atoms with Crippen LogP contribution in [0.4, 0.5) is 0 Å². The normalized spacial score (nSPS) is 33.7. The third kappa shape index (κ3) is 2.37. The summed E-state index contributed by atoms with van der Waals surface area (Å²) in [6.07, 6.45) is 5.51. The molecule has 4 N–H and O–H groups in total. The molecule has 0 saturated heterocycles. The van der Waals surface area contributed by atoms with Gasteiger partial charge in [0.2, 0.25) is 5.91 Å². The molecule has 3 atom stereocenters. The van der Waals surface area contributed by atoms with E-state index in [0.29, 0.717) is 18.3 Å². The number of hydrogen-bond acceptors (Lipinski definition) is 3. The number of hydrogen-bond donors (Lipinski definition) is 3. The molecule has 2 saturated carbocycles. The number of nitrogens with two attached hydrogens (primary N) is 1.